The Morgan fingerprint density at radius 3 is 2.86 bits per heavy atom. The Morgan fingerprint density at radius 1 is 1.57 bits per heavy atom. The third-order valence-electron chi connectivity index (χ3n) is 2.11. The lowest BCUT2D eigenvalue weighted by atomic mass is 10.4. The summed E-state index contributed by atoms with van der Waals surface area (Å²) < 4.78 is 0. The molecule has 1 aliphatic rings. The Morgan fingerprint density at radius 2 is 2.29 bits per heavy atom. The zero-order chi connectivity index (χ0) is 10.4. The first-order chi connectivity index (χ1) is 6.72. The van der Waals surface area contributed by atoms with Gasteiger partial charge in [-0.2, -0.15) is 11.8 Å². The fourth-order valence-corrected chi connectivity index (χ4v) is 1.86. The van der Waals surface area contributed by atoms with Gasteiger partial charge in [0.05, 0.1) is 6.54 Å². The van der Waals surface area contributed by atoms with Gasteiger partial charge in [-0.15, -0.1) is 0 Å². The molecule has 0 aromatic heterocycles. The third kappa shape index (κ3) is 5.50. The molecule has 1 fully saturated rings. The van der Waals surface area contributed by atoms with Gasteiger partial charge in [0, 0.05) is 17.8 Å². The predicted molar refractivity (Wildman–Crippen MR) is 61.6 cm³/mol. The van der Waals surface area contributed by atoms with Gasteiger partial charge in [-0.25, -0.2) is 0 Å². The van der Waals surface area contributed by atoms with Crippen molar-refractivity contribution >= 4 is 17.7 Å². The summed E-state index contributed by atoms with van der Waals surface area (Å²) >= 11 is 1.86. The number of carbonyl (C=O) groups excluding carboxylic acids is 1. The standard InChI is InChI=1S/C10H20N2OS/c1-3-14-7-8(2)12-10(13)6-11-9-4-5-9/h8-9,11H,3-7H2,1-2H3,(H,12,13). The Balaban J connectivity index is 1.99. The summed E-state index contributed by atoms with van der Waals surface area (Å²) in [6.07, 6.45) is 2.46. The van der Waals surface area contributed by atoms with Crippen LogP contribution in [0.5, 0.6) is 0 Å². The van der Waals surface area contributed by atoms with Crippen LogP contribution in [0.3, 0.4) is 0 Å². The summed E-state index contributed by atoms with van der Waals surface area (Å²) in [6.45, 7) is 4.66. The summed E-state index contributed by atoms with van der Waals surface area (Å²) in [5.74, 6) is 2.24. The van der Waals surface area contributed by atoms with Crippen molar-refractivity contribution in [3.8, 4) is 0 Å². The molecular weight excluding hydrogens is 196 g/mol. The number of thioether (sulfide) groups is 1. The maximum absolute atomic E-state index is 11.4. The zero-order valence-corrected chi connectivity index (χ0v) is 9.82. The second kappa shape index (κ2) is 6.30. The number of hydrogen-bond donors (Lipinski definition) is 2. The van der Waals surface area contributed by atoms with Crippen LogP contribution >= 0.6 is 11.8 Å². The van der Waals surface area contributed by atoms with Crippen LogP contribution in [0.2, 0.25) is 0 Å². The lowest BCUT2D eigenvalue weighted by Gasteiger charge is -2.13. The van der Waals surface area contributed by atoms with Crippen LogP contribution in [-0.2, 0) is 4.79 Å². The van der Waals surface area contributed by atoms with E-state index in [4.69, 9.17) is 0 Å². The van der Waals surface area contributed by atoms with Gasteiger partial charge in [0.25, 0.3) is 0 Å². The van der Waals surface area contributed by atoms with E-state index in [2.05, 4.69) is 24.5 Å². The molecule has 0 aromatic rings. The van der Waals surface area contributed by atoms with Crippen molar-refractivity contribution < 1.29 is 4.79 Å². The van der Waals surface area contributed by atoms with Crippen LogP contribution in [0.15, 0.2) is 0 Å². The molecule has 82 valence electrons. The number of rotatable bonds is 7. The number of hydrogen-bond acceptors (Lipinski definition) is 3. The second-order valence-electron chi connectivity index (χ2n) is 3.78. The van der Waals surface area contributed by atoms with Crippen LogP contribution in [0.1, 0.15) is 26.7 Å². The number of nitrogens with one attached hydrogen (secondary N) is 2. The molecule has 0 saturated heterocycles. The molecule has 0 heterocycles. The lowest BCUT2D eigenvalue weighted by molar-refractivity contribution is -0.120. The Labute approximate surface area is 90.4 Å². The summed E-state index contributed by atoms with van der Waals surface area (Å²) in [7, 11) is 0. The van der Waals surface area contributed by atoms with Crippen LogP contribution in [0.25, 0.3) is 0 Å². The van der Waals surface area contributed by atoms with E-state index in [1.165, 1.54) is 12.8 Å². The Bertz CT molecular complexity index is 183. The maximum atomic E-state index is 11.4. The van der Waals surface area contributed by atoms with Crippen molar-refractivity contribution in [1.82, 2.24) is 10.6 Å². The highest BCUT2D eigenvalue weighted by Crippen LogP contribution is 2.17. The molecule has 1 amide bonds. The molecule has 3 nitrogen and oxygen atoms in total. The highest BCUT2D eigenvalue weighted by molar-refractivity contribution is 7.99. The van der Waals surface area contributed by atoms with Gasteiger partial charge in [0.15, 0.2) is 0 Å². The summed E-state index contributed by atoms with van der Waals surface area (Å²) in [4.78, 5) is 11.4. The maximum Gasteiger partial charge on any atom is 0.234 e. The highest BCUT2D eigenvalue weighted by atomic mass is 32.2. The van der Waals surface area contributed by atoms with Gasteiger partial charge in [0.1, 0.15) is 0 Å². The first kappa shape index (κ1) is 11.9. The van der Waals surface area contributed by atoms with E-state index in [0.717, 1.165) is 11.5 Å². The monoisotopic (exact) mass is 216 g/mol. The van der Waals surface area contributed by atoms with Gasteiger partial charge in [-0.1, -0.05) is 6.92 Å². The SMILES string of the molecule is CCSCC(C)NC(=O)CNC1CC1. The second-order valence-corrected chi connectivity index (χ2v) is 5.10. The van der Waals surface area contributed by atoms with Gasteiger partial charge in [-0.05, 0) is 25.5 Å². The van der Waals surface area contributed by atoms with E-state index in [1.54, 1.807) is 0 Å². The minimum absolute atomic E-state index is 0.126. The van der Waals surface area contributed by atoms with E-state index in [1.807, 2.05) is 11.8 Å². The molecule has 2 N–H and O–H groups in total. The summed E-state index contributed by atoms with van der Waals surface area (Å²) in [6, 6.07) is 0.898. The predicted octanol–water partition coefficient (Wildman–Crippen LogP) is 0.996. The van der Waals surface area contributed by atoms with Crippen molar-refractivity contribution in [2.75, 3.05) is 18.1 Å². The summed E-state index contributed by atoms with van der Waals surface area (Å²) in [5, 5.41) is 6.17. The molecule has 1 rings (SSSR count). The van der Waals surface area contributed by atoms with Gasteiger partial charge in [-0.3, -0.25) is 4.79 Å². The first-order valence-corrected chi connectivity index (χ1v) is 6.48. The van der Waals surface area contributed by atoms with Crippen molar-refractivity contribution in [2.45, 2.75) is 38.8 Å². The molecule has 1 atom stereocenters. The topological polar surface area (TPSA) is 41.1 Å². The minimum atomic E-state index is 0.126. The quantitative estimate of drug-likeness (QED) is 0.667. The van der Waals surface area contributed by atoms with E-state index in [9.17, 15) is 4.79 Å². The molecule has 0 radical (unpaired) electrons. The van der Waals surface area contributed by atoms with Crippen molar-refractivity contribution in [1.29, 1.82) is 0 Å². The molecule has 0 bridgehead atoms. The van der Waals surface area contributed by atoms with E-state index < -0.39 is 0 Å². The normalized spacial score (nSPS) is 17.9. The van der Waals surface area contributed by atoms with Crippen LogP contribution in [0.4, 0.5) is 0 Å². The van der Waals surface area contributed by atoms with Crippen molar-refractivity contribution in [3.63, 3.8) is 0 Å². The third-order valence-corrected chi connectivity index (χ3v) is 3.25. The van der Waals surface area contributed by atoms with Crippen molar-refractivity contribution in [2.24, 2.45) is 0 Å². The zero-order valence-electron chi connectivity index (χ0n) is 9.01. The number of carbonyl (C=O) groups is 1. The fraction of sp³-hybridized carbons (Fsp3) is 0.900. The lowest BCUT2D eigenvalue weighted by Crippen LogP contribution is -2.40. The molecule has 0 spiro atoms. The average molecular weight is 216 g/mol. The molecule has 0 aliphatic heterocycles. The first-order valence-electron chi connectivity index (χ1n) is 5.33. The molecule has 1 unspecified atom stereocenters. The molecule has 14 heavy (non-hydrogen) atoms. The average Bonchev–Trinajstić information content (AvgIpc) is 2.95. The minimum Gasteiger partial charge on any atom is -0.352 e. The molecule has 0 aromatic carbocycles. The van der Waals surface area contributed by atoms with Gasteiger partial charge < -0.3 is 10.6 Å². The smallest absolute Gasteiger partial charge is 0.234 e. The molecule has 4 heteroatoms. The summed E-state index contributed by atoms with van der Waals surface area (Å²) in [5.41, 5.74) is 0. The van der Waals surface area contributed by atoms with Crippen LogP contribution < -0.4 is 10.6 Å². The van der Waals surface area contributed by atoms with Gasteiger partial charge >= 0.3 is 0 Å². The van der Waals surface area contributed by atoms with Crippen molar-refractivity contribution in [3.05, 3.63) is 0 Å². The fourth-order valence-electron chi connectivity index (χ4n) is 1.19. The van der Waals surface area contributed by atoms with E-state index in [-0.39, 0.29) is 11.9 Å². The number of amides is 1. The molecule has 1 aliphatic carbocycles. The van der Waals surface area contributed by atoms with Crippen LogP contribution in [0, 0.1) is 0 Å². The Hall–Kier alpha value is -0.220. The van der Waals surface area contributed by atoms with E-state index >= 15 is 0 Å². The van der Waals surface area contributed by atoms with E-state index in [0.29, 0.717) is 12.6 Å². The van der Waals surface area contributed by atoms with Gasteiger partial charge in [0.2, 0.25) is 5.91 Å². The van der Waals surface area contributed by atoms with Crippen LogP contribution in [-0.4, -0.2) is 36.0 Å². The molecular formula is C10H20N2OS. The molecule has 1 saturated carbocycles. The Kier molecular flexibility index (Phi) is 5.33. The largest absolute Gasteiger partial charge is 0.352 e. The highest BCUT2D eigenvalue weighted by Gasteiger charge is 2.21.